The molecule has 4 saturated carbocycles. The number of carbonyl (C=O) groups is 1. The Balaban J connectivity index is 1.81. The lowest BCUT2D eigenvalue weighted by Gasteiger charge is -2.65. The second-order valence-electron chi connectivity index (χ2n) is 12.9. The van der Waals surface area contributed by atoms with Crippen molar-refractivity contribution in [1.29, 1.82) is 0 Å². The number of rotatable bonds is 13. The Labute approximate surface area is 238 Å². The van der Waals surface area contributed by atoms with Gasteiger partial charge in [0, 0.05) is 52.6 Å². The van der Waals surface area contributed by atoms with Crippen LogP contribution in [0, 0.1) is 29.1 Å². The van der Waals surface area contributed by atoms with Crippen LogP contribution < -0.4 is 0 Å². The first-order valence-electron chi connectivity index (χ1n) is 14.4. The summed E-state index contributed by atoms with van der Waals surface area (Å²) in [5, 5.41) is 22.7. The molecule has 0 saturated heterocycles. The van der Waals surface area contributed by atoms with Gasteiger partial charge in [-0.1, -0.05) is 6.92 Å². The first kappa shape index (κ1) is 32.0. The molecule has 3 unspecified atom stereocenters. The molecule has 4 rings (SSSR count). The number of hydrogen-bond donors (Lipinski definition) is 2. The minimum Gasteiger partial charge on any atom is -0.481 e. The van der Waals surface area contributed by atoms with Crippen LogP contribution in [0.3, 0.4) is 0 Å². The molecule has 0 aromatic rings. The summed E-state index contributed by atoms with van der Waals surface area (Å²) >= 11 is 0. The molecule has 0 aliphatic heterocycles. The van der Waals surface area contributed by atoms with E-state index in [1.807, 2.05) is 20.8 Å². The molecule has 10 atom stereocenters. The molecule has 0 radical (unpaired) electrons. The lowest BCUT2D eigenvalue weighted by Crippen LogP contribution is -2.71. The van der Waals surface area contributed by atoms with Crippen LogP contribution in [0.2, 0.25) is 0 Å². The standard InChI is InChI=1S/C29H50O11/c1-26(2,36-7)40-21-12-18(37-15-33-4)13-28(32)10-8-19-23(24(21)28)22(38-16-34-5)14-27(3)20(25(30)31)9-11-29(19,27)39-17-35-6/h18-24,32H,8-17H2,1-7H3,(H,30,31)/t18-,19?,20+,21+,22+,23?,24?,27+,28-,29-/m0/s1. The summed E-state index contributed by atoms with van der Waals surface area (Å²) in [6.07, 6.45) is 2.64. The quantitative estimate of drug-likeness (QED) is 0.315. The smallest absolute Gasteiger partial charge is 0.307 e. The minimum atomic E-state index is -1.10. The highest BCUT2D eigenvalue weighted by Gasteiger charge is 2.73. The van der Waals surface area contributed by atoms with Gasteiger partial charge < -0.3 is 48.1 Å². The minimum absolute atomic E-state index is 0.0627. The van der Waals surface area contributed by atoms with E-state index < -0.39 is 40.4 Å². The molecular formula is C29H50O11. The van der Waals surface area contributed by atoms with Crippen LogP contribution in [0.1, 0.15) is 65.7 Å². The zero-order valence-corrected chi connectivity index (χ0v) is 25.2. The first-order valence-corrected chi connectivity index (χ1v) is 14.4. The van der Waals surface area contributed by atoms with Crippen molar-refractivity contribution < 1.29 is 52.9 Å². The third-order valence-electron chi connectivity index (χ3n) is 10.5. The maximum Gasteiger partial charge on any atom is 0.307 e. The van der Waals surface area contributed by atoms with Crippen molar-refractivity contribution in [3.63, 3.8) is 0 Å². The van der Waals surface area contributed by atoms with Crippen LogP contribution in [-0.2, 0) is 42.7 Å². The van der Waals surface area contributed by atoms with Gasteiger partial charge in [-0.3, -0.25) is 4.79 Å². The fourth-order valence-corrected chi connectivity index (χ4v) is 8.91. The number of hydrogen-bond acceptors (Lipinski definition) is 10. The van der Waals surface area contributed by atoms with Gasteiger partial charge in [-0.05, 0) is 57.8 Å². The molecule has 0 aromatic heterocycles. The largest absolute Gasteiger partial charge is 0.481 e. The molecule has 0 amide bonds. The molecule has 4 fully saturated rings. The fraction of sp³-hybridized carbons (Fsp3) is 0.966. The summed E-state index contributed by atoms with van der Waals surface area (Å²) in [5.74, 6) is -2.92. The van der Waals surface area contributed by atoms with E-state index in [-0.39, 0.29) is 50.3 Å². The maximum absolute atomic E-state index is 12.6. The van der Waals surface area contributed by atoms with Gasteiger partial charge in [0.1, 0.15) is 20.4 Å². The number of carboxylic acid groups (broad SMARTS) is 1. The van der Waals surface area contributed by atoms with Crippen LogP contribution in [-0.4, -0.2) is 100 Å². The van der Waals surface area contributed by atoms with Crippen molar-refractivity contribution in [2.45, 2.75) is 101 Å². The molecular weight excluding hydrogens is 524 g/mol. The monoisotopic (exact) mass is 574 g/mol. The Bertz CT molecular complexity index is 869. The molecule has 11 heteroatoms. The van der Waals surface area contributed by atoms with Crippen molar-refractivity contribution in [2.24, 2.45) is 29.1 Å². The average Bonchev–Trinajstić information content (AvgIpc) is 3.21. The molecule has 0 heterocycles. The van der Waals surface area contributed by atoms with Gasteiger partial charge in [0.25, 0.3) is 0 Å². The van der Waals surface area contributed by atoms with Crippen molar-refractivity contribution in [3.8, 4) is 0 Å². The lowest BCUT2D eigenvalue weighted by molar-refractivity contribution is -0.325. The molecule has 0 spiro atoms. The summed E-state index contributed by atoms with van der Waals surface area (Å²) in [6.45, 7) is 6.01. The number of ether oxygens (including phenoxy) is 8. The van der Waals surface area contributed by atoms with Crippen molar-refractivity contribution in [2.75, 3.05) is 48.8 Å². The van der Waals surface area contributed by atoms with E-state index in [2.05, 4.69) is 0 Å². The second-order valence-corrected chi connectivity index (χ2v) is 12.9. The fourth-order valence-electron chi connectivity index (χ4n) is 8.91. The Morgan fingerprint density at radius 3 is 2.23 bits per heavy atom. The SMILES string of the molecule is COCO[C@H]1C[C@@H](OC(C)(C)OC)C2C3C(CC[C@]2(O)C1)[C@@]1(OCOC)CC[C@H](C(=O)O)[C@@]1(C)C[C@H]3OCOC. The van der Waals surface area contributed by atoms with E-state index in [0.717, 1.165) is 0 Å². The average molecular weight is 575 g/mol. The predicted octanol–water partition coefficient (Wildman–Crippen LogP) is 3.16. The van der Waals surface area contributed by atoms with Gasteiger partial charge in [-0.25, -0.2) is 0 Å². The summed E-state index contributed by atoms with van der Waals surface area (Å²) < 4.78 is 47.2. The Morgan fingerprint density at radius 1 is 0.925 bits per heavy atom. The molecule has 0 bridgehead atoms. The van der Waals surface area contributed by atoms with Gasteiger partial charge >= 0.3 is 5.97 Å². The summed E-state index contributed by atoms with van der Waals surface area (Å²) in [5.41, 5.74) is -2.55. The van der Waals surface area contributed by atoms with Gasteiger partial charge in [0.2, 0.25) is 0 Å². The number of aliphatic hydroxyl groups is 1. The highest BCUT2D eigenvalue weighted by atomic mass is 16.7. The van der Waals surface area contributed by atoms with E-state index in [1.54, 1.807) is 28.4 Å². The van der Waals surface area contributed by atoms with Gasteiger partial charge in [0.05, 0.1) is 35.4 Å². The molecule has 0 aromatic carbocycles. The van der Waals surface area contributed by atoms with Crippen LogP contribution in [0.15, 0.2) is 0 Å². The zero-order valence-electron chi connectivity index (χ0n) is 25.2. The third-order valence-corrected chi connectivity index (χ3v) is 10.5. The normalized spacial score (nSPS) is 43.1. The number of aliphatic carboxylic acids is 1. The highest BCUT2D eigenvalue weighted by Crippen LogP contribution is 2.68. The molecule has 4 aliphatic carbocycles. The molecule has 11 nitrogen and oxygen atoms in total. The Hall–Kier alpha value is -0.890. The molecule has 40 heavy (non-hydrogen) atoms. The number of fused-ring (bicyclic) bond motifs is 5. The van der Waals surface area contributed by atoms with E-state index in [1.165, 1.54) is 0 Å². The van der Waals surface area contributed by atoms with Gasteiger partial charge in [0.15, 0.2) is 5.79 Å². The van der Waals surface area contributed by atoms with Gasteiger partial charge in [-0.15, -0.1) is 0 Å². The highest BCUT2D eigenvalue weighted by molar-refractivity contribution is 5.72. The van der Waals surface area contributed by atoms with Crippen LogP contribution in [0.25, 0.3) is 0 Å². The third kappa shape index (κ3) is 5.58. The van der Waals surface area contributed by atoms with Crippen LogP contribution in [0.5, 0.6) is 0 Å². The summed E-state index contributed by atoms with van der Waals surface area (Å²) in [7, 11) is 6.34. The predicted molar refractivity (Wildman–Crippen MR) is 142 cm³/mol. The van der Waals surface area contributed by atoms with E-state index >= 15 is 0 Å². The zero-order chi connectivity index (χ0) is 29.3. The van der Waals surface area contributed by atoms with Crippen LogP contribution >= 0.6 is 0 Å². The van der Waals surface area contributed by atoms with Crippen LogP contribution in [0.4, 0.5) is 0 Å². The number of carboxylic acids is 1. The lowest BCUT2D eigenvalue weighted by atomic mass is 9.45. The summed E-state index contributed by atoms with van der Waals surface area (Å²) in [4.78, 5) is 12.6. The van der Waals surface area contributed by atoms with E-state index in [9.17, 15) is 15.0 Å². The molecule has 2 N–H and O–H groups in total. The van der Waals surface area contributed by atoms with Crippen molar-refractivity contribution in [1.82, 2.24) is 0 Å². The molecule has 232 valence electrons. The van der Waals surface area contributed by atoms with E-state index in [0.29, 0.717) is 44.9 Å². The van der Waals surface area contributed by atoms with E-state index in [4.69, 9.17) is 37.9 Å². The van der Waals surface area contributed by atoms with Crippen molar-refractivity contribution in [3.05, 3.63) is 0 Å². The first-order chi connectivity index (χ1) is 18.9. The Kier molecular flexibility index (Phi) is 9.91. The number of methoxy groups -OCH3 is 4. The van der Waals surface area contributed by atoms with Gasteiger partial charge in [-0.2, -0.15) is 0 Å². The molecule has 4 aliphatic rings. The maximum atomic E-state index is 12.6. The van der Waals surface area contributed by atoms with Crippen molar-refractivity contribution >= 4 is 5.97 Å². The topological polar surface area (TPSA) is 131 Å². The second kappa shape index (κ2) is 12.4. The summed E-state index contributed by atoms with van der Waals surface area (Å²) in [6, 6.07) is 0. The Morgan fingerprint density at radius 2 is 1.60 bits per heavy atom.